The normalized spacial score (nSPS) is 18.9. The molecular weight excluding hydrogens is 467 g/mol. The van der Waals surface area contributed by atoms with Crippen molar-refractivity contribution in [3.63, 3.8) is 0 Å². The maximum Gasteiger partial charge on any atom is 0.305 e. The Bertz CT molecular complexity index is 1360. The second-order valence-electron chi connectivity index (χ2n) is 9.96. The van der Waals surface area contributed by atoms with Gasteiger partial charge in [0.2, 0.25) is 0 Å². The zero-order valence-corrected chi connectivity index (χ0v) is 20.9. The summed E-state index contributed by atoms with van der Waals surface area (Å²) in [6, 6.07) is 19.0. The molecule has 0 spiro atoms. The summed E-state index contributed by atoms with van der Waals surface area (Å²) in [5, 5.41) is 18.9. The third kappa shape index (κ3) is 5.49. The zero-order chi connectivity index (χ0) is 25.9. The van der Waals surface area contributed by atoms with Crippen molar-refractivity contribution in [3.05, 3.63) is 101 Å². The summed E-state index contributed by atoms with van der Waals surface area (Å²) in [5.74, 6) is -0.828. The molecule has 2 aliphatic rings. The second-order valence-corrected chi connectivity index (χ2v) is 9.96. The number of carboxylic acid groups (broad SMARTS) is 1. The summed E-state index contributed by atoms with van der Waals surface area (Å²) >= 11 is 0. The highest BCUT2D eigenvalue weighted by Gasteiger charge is 2.35. The second kappa shape index (κ2) is 10.7. The SMILES string of the molecule is Cc1cc(-c2cc(CO)ccc2F)ccc1Cc1ccc(N2CC(C3=NCC=C3)CC2CC(=O)O)cc1. The van der Waals surface area contributed by atoms with Crippen LogP contribution in [0.2, 0.25) is 0 Å². The number of hydrogen-bond acceptors (Lipinski definition) is 4. The van der Waals surface area contributed by atoms with Gasteiger partial charge in [-0.1, -0.05) is 42.5 Å². The Morgan fingerprint density at radius 3 is 2.54 bits per heavy atom. The van der Waals surface area contributed by atoms with Crippen molar-refractivity contribution in [1.82, 2.24) is 0 Å². The predicted octanol–water partition coefficient (Wildman–Crippen LogP) is 5.56. The number of benzene rings is 3. The number of aryl methyl sites for hydroxylation is 1. The lowest BCUT2D eigenvalue weighted by atomic mass is 9.95. The van der Waals surface area contributed by atoms with Crippen LogP contribution in [0.25, 0.3) is 11.1 Å². The minimum Gasteiger partial charge on any atom is -0.481 e. The van der Waals surface area contributed by atoms with Gasteiger partial charge in [0.1, 0.15) is 5.82 Å². The molecule has 0 aliphatic carbocycles. The fourth-order valence-corrected chi connectivity index (χ4v) is 5.47. The van der Waals surface area contributed by atoms with E-state index >= 15 is 0 Å². The third-order valence-corrected chi connectivity index (χ3v) is 7.44. The lowest BCUT2D eigenvalue weighted by Crippen LogP contribution is -2.31. The van der Waals surface area contributed by atoms with E-state index in [-0.39, 0.29) is 30.8 Å². The van der Waals surface area contributed by atoms with Crippen LogP contribution in [0.4, 0.5) is 10.1 Å². The molecule has 5 rings (SSSR count). The number of aliphatic imine (C=N–C) groups is 1. The predicted molar refractivity (Wildman–Crippen MR) is 145 cm³/mol. The van der Waals surface area contributed by atoms with Crippen molar-refractivity contribution in [3.8, 4) is 11.1 Å². The van der Waals surface area contributed by atoms with Crippen molar-refractivity contribution in [2.75, 3.05) is 18.0 Å². The van der Waals surface area contributed by atoms with Crippen molar-refractivity contribution < 1.29 is 19.4 Å². The smallest absolute Gasteiger partial charge is 0.305 e. The topological polar surface area (TPSA) is 73.1 Å². The average molecular weight is 499 g/mol. The van der Waals surface area contributed by atoms with Crippen LogP contribution in [-0.4, -0.2) is 41.0 Å². The first-order valence-corrected chi connectivity index (χ1v) is 12.7. The number of hydrogen-bond donors (Lipinski definition) is 2. The maximum atomic E-state index is 14.4. The molecule has 3 aromatic carbocycles. The van der Waals surface area contributed by atoms with Gasteiger partial charge >= 0.3 is 5.97 Å². The number of rotatable bonds is 8. The van der Waals surface area contributed by atoms with E-state index in [0.717, 1.165) is 53.0 Å². The largest absolute Gasteiger partial charge is 0.481 e. The molecule has 37 heavy (non-hydrogen) atoms. The number of carbonyl (C=O) groups is 1. The fraction of sp³-hybridized carbons (Fsp3) is 0.290. The molecule has 1 fully saturated rings. The molecule has 0 amide bonds. The van der Waals surface area contributed by atoms with Crippen LogP contribution < -0.4 is 4.90 Å². The molecule has 2 atom stereocenters. The number of aliphatic hydroxyl groups is 1. The van der Waals surface area contributed by atoms with Crippen LogP contribution >= 0.6 is 0 Å². The van der Waals surface area contributed by atoms with E-state index in [1.165, 1.54) is 6.07 Å². The standard InChI is InChI=1S/C31H31FN2O3/c1-20-13-24(28-15-22(19-35)6-11-29(28)32)8-7-23(20)14-21-4-9-26(10-5-21)34-18-25(30-3-2-12-33-30)16-27(34)17-31(36)37/h2-11,13,15,25,27,35H,12,14,16-19H2,1H3,(H,36,37). The Hall–Kier alpha value is -3.77. The van der Waals surface area contributed by atoms with E-state index in [2.05, 4.69) is 46.3 Å². The number of halogens is 1. The van der Waals surface area contributed by atoms with Crippen LogP contribution in [0.5, 0.6) is 0 Å². The van der Waals surface area contributed by atoms with Gasteiger partial charge in [0, 0.05) is 35.5 Å². The molecule has 0 aromatic heterocycles. The highest BCUT2D eigenvalue weighted by atomic mass is 19.1. The minimum absolute atomic E-state index is 0.0513. The van der Waals surface area contributed by atoms with Gasteiger partial charge in [-0.05, 0) is 77.9 Å². The molecule has 0 radical (unpaired) electrons. The van der Waals surface area contributed by atoms with E-state index in [0.29, 0.717) is 17.7 Å². The van der Waals surface area contributed by atoms with Crippen LogP contribution in [0.3, 0.4) is 0 Å². The van der Waals surface area contributed by atoms with E-state index in [4.69, 9.17) is 0 Å². The third-order valence-electron chi connectivity index (χ3n) is 7.44. The first-order valence-electron chi connectivity index (χ1n) is 12.7. The van der Waals surface area contributed by atoms with E-state index in [9.17, 15) is 19.4 Å². The van der Waals surface area contributed by atoms with Crippen molar-refractivity contribution in [2.45, 2.75) is 38.8 Å². The van der Waals surface area contributed by atoms with Gasteiger partial charge in [-0.15, -0.1) is 0 Å². The number of allylic oxidation sites excluding steroid dienone is 1. The molecule has 3 aromatic rings. The summed E-state index contributed by atoms with van der Waals surface area (Å²) < 4.78 is 14.4. The Morgan fingerprint density at radius 1 is 1.08 bits per heavy atom. The van der Waals surface area contributed by atoms with E-state index < -0.39 is 5.97 Å². The maximum absolute atomic E-state index is 14.4. The Morgan fingerprint density at radius 2 is 1.86 bits per heavy atom. The van der Waals surface area contributed by atoms with E-state index in [1.807, 2.05) is 25.1 Å². The first kappa shape index (κ1) is 24.9. The summed E-state index contributed by atoms with van der Waals surface area (Å²) in [5.41, 5.74) is 7.46. The molecule has 5 nitrogen and oxygen atoms in total. The highest BCUT2D eigenvalue weighted by molar-refractivity contribution is 5.99. The average Bonchev–Trinajstić information content (AvgIpc) is 3.56. The van der Waals surface area contributed by atoms with Crippen LogP contribution in [-0.2, 0) is 17.8 Å². The fourth-order valence-electron chi connectivity index (χ4n) is 5.47. The number of aliphatic carboxylic acids is 1. The molecule has 0 saturated carbocycles. The van der Waals surface area contributed by atoms with Gasteiger partial charge in [-0.2, -0.15) is 0 Å². The molecule has 190 valence electrons. The van der Waals surface area contributed by atoms with E-state index in [1.54, 1.807) is 12.1 Å². The Balaban J connectivity index is 1.32. The summed E-state index contributed by atoms with van der Waals surface area (Å²) in [6.07, 6.45) is 5.78. The van der Waals surface area contributed by atoms with Crippen LogP contribution in [0.15, 0.2) is 77.8 Å². The molecule has 6 heteroatoms. The van der Waals surface area contributed by atoms with Crippen LogP contribution in [0.1, 0.15) is 35.1 Å². The van der Waals surface area contributed by atoms with Gasteiger partial charge in [-0.25, -0.2) is 4.39 Å². The molecule has 2 unspecified atom stereocenters. The Labute approximate surface area is 216 Å². The summed E-state index contributed by atoms with van der Waals surface area (Å²) in [6.45, 7) is 3.40. The van der Waals surface area contributed by atoms with Gasteiger partial charge in [0.05, 0.1) is 19.6 Å². The van der Waals surface area contributed by atoms with Gasteiger partial charge in [0.25, 0.3) is 0 Å². The minimum atomic E-state index is -0.780. The number of nitrogens with zero attached hydrogens (tertiary/aromatic N) is 2. The van der Waals surface area contributed by atoms with Gasteiger partial charge < -0.3 is 15.1 Å². The van der Waals surface area contributed by atoms with Crippen molar-refractivity contribution in [1.29, 1.82) is 0 Å². The molecular formula is C31H31FN2O3. The monoisotopic (exact) mass is 498 g/mol. The zero-order valence-electron chi connectivity index (χ0n) is 20.9. The quantitative estimate of drug-likeness (QED) is 0.426. The number of carboxylic acids is 1. The number of aliphatic hydroxyl groups excluding tert-OH is 1. The highest BCUT2D eigenvalue weighted by Crippen LogP contribution is 2.33. The summed E-state index contributed by atoms with van der Waals surface area (Å²) in [4.78, 5) is 18.3. The molecule has 0 bridgehead atoms. The number of anilines is 1. The van der Waals surface area contributed by atoms with Crippen molar-refractivity contribution >= 4 is 17.4 Å². The molecule has 2 heterocycles. The molecule has 2 N–H and O–H groups in total. The van der Waals surface area contributed by atoms with Gasteiger partial charge in [-0.3, -0.25) is 9.79 Å². The molecule has 2 aliphatic heterocycles. The lowest BCUT2D eigenvalue weighted by molar-refractivity contribution is -0.137. The summed E-state index contributed by atoms with van der Waals surface area (Å²) in [7, 11) is 0. The van der Waals surface area contributed by atoms with Crippen LogP contribution in [0, 0.1) is 18.7 Å². The molecule has 1 saturated heterocycles. The Kier molecular flexibility index (Phi) is 7.19. The lowest BCUT2D eigenvalue weighted by Gasteiger charge is -2.26. The first-order chi connectivity index (χ1) is 17.9. The van der Waals surface area contributed by atoms with Crippen molar-refractivity contribution in [2.24, 2.45) is 10.9 Å². The van der Waals surface area contributed by atoms with Gasteiger partial charge in [0.15, 0.2) is 0 Å².